The lowest BCUT2D eigenvalue weighted by molar-refractivity contribution is 0.0954. The lowest BCUT2D eigenvalue weighted by atomic mass is 10.1. The van der Waals surface area contributed by atoms with Crippen molar-refractivity contribution in [3.63, 3.8) is 0 Å². The van der Waals surface area contributed by atoms with Crippen molar-refractivity contribution in [3.8, 4) is 0 Å². The molecule has 0 aliphatic heterocycles. The molecule has 0 aliphatic carbocycles. The summed E-state index contributed by atoms with van der Waals surface area (Å²) in [5.74, 6) is -0.298. The maximum absolute atomic E-state index is 11.9. The van der Waals surface area contributed by atoms with E-state index in [1.54, 1.807) is 42.7 Å². The van der Waals surface area contributed by atoms with Gasteiger partial charge in [-0.05, 0) is 30.7 Å². The fourth-order valence-electron chi connectivity index (χ4n) is 1.74. The molecule has 1 N–H and O–H groups in total. The zero-order chi connectivity index (χ0) is 15.2. The lowest BCUT2D eigenvalue weighted by Gasteiger charge is -2.07. The first-order valence-corrected chi connectivity index (χ1v) is 7.09. The number of benzene rings is 1. The van der Waals surface area contributed by atoms with E-state index >= 15 is 0 Å². The molecule has 0 fully saturated rings. The second-order valence-corrected chi connectivity index (χ2v) is 5.06. The van der Waals surface area contributed by atoms with Crippen molar-refractivity contribution in [1.82, 2.24) is 10.4 Å². The van der Waals surface area contributed by atoms with Crippen LogP contribution in [-0.4, -0.2) is 16.6 Å². The third kappa shape index (κ3) is 4.03. The molecule has 1 heterocycles. The molecule has 0 atom stereocenters. The van der Waals surface area contributed by atoms with Gasteiger partial charge in [-0.3, -0.25) is 9.78 Å². The van der Waals surface area contributed by atoms with Gasteiger partial charge in [0.1, 0.15) is 0 Å². The van der Waals surface area contributed by atoms with Gasteiger partial charge in [0.05, 0.1) is 10.7 Å². The Kier molecular flexibility index (Phi) is 5.31. The van der Waals surface area contributed by atoms with Crippen molar-refractivity contribution in [3.05, 3.63) is 63.9 Å². The third-order valence-electron chi connectivity index (χ3n) is 2.81. The SMILES string of the molecule is CC/C(=N\NC(=O)c1ccncc1)c1ccc(Cl)cc1Cl. The van der Waals surface area contributed by atoms with Gasteiger partial charge >= 0.3 is 0 Å². The predicted octanol–water partition coefficient (Wildman–Crippen LogP) is 3.93. The average Bonchev–Trinajstić information content (AvgIpc) is 2.50. The van der Waals surface area contributed by atoms with Crippen LogP contribution in [0.3, 0.4) is 0 Å². The van der Waals surface area contributed by atoms with Crippen LogP contribution >= 0.6 is 23.2 Å². The number of nitrogens with one attached hydrogen (secondary N) is 1. The first-order valence-electron chi connectivity index (χ1n) is 6.34. The fraction of sp³-hybridized carbons (Fsp3) is 0.133. The molecule has 2 rings (SSSR count). The van der Waals surface area contributed by atoms with E-state index in [9.17, 15) is 4.79 Å². The second-order valence-electron chi connectivity index (χ2n) is 4.21. The number of rotatable bonds is 4. The number of aromatic nitrogens is 1. The molecule has 2 aromatic rings. The molecule has 0 saturated heterocycles. The first kappa shape index (κ1) is 15.5. The molecule has 4 nitrogen and oxygen atoms in total. The van der Waals surface area contributed by atoms with Crippen LogP contribution < -0.4 is 5.43 Å². The zero-order valence-electron chi connectivity index (χ0n) is 11.3. The van der Waals surface area contributed by atoms with Gasteiger partial charge in [0, 0.05) is 28.5 Å². The Bertz CT molecular complexity index is 672. The van der Waals surface area contributed by atoms with Crippen molar-refractivity contribution in [1.29, 1.82) is 0 Å². The van der Waals surface area contributed by atoms with Gasteiger partial charge in [0.2, 0.25) is 0 Å². The highest BCUT2D eigenvalue weighted by Crippen LogP contribution is 2.22. The number of carbonyl (C=O) groups excluding carboxylic acids is 1. The smallest absolute Gasteiger partial charge is 0.267 e. The Labute approximate surface area is 132 Å². The van der Waals surface area contributed by atoms with Crippen molar-refractivity contribution in [2.75, 3.05) is 0 Å². The van der Waals surface area contributed by atoms with Gasteiger partial charge < -0.3 is 0 Å². The van der Waals surface area contributed by atoms with E-state index in [2.05, 4.69) is 15.5 Å². The van der Waals surface area contributed by atoms with Crippen molar-refractivity contribution >= 4 is 34.8 Å². The van der Waals surface area contributed by atoms with E-state index in [0.717, 1.165) is 5.56 Å². The van der Waals surface area contributed by atoms with Crippen molar-refractivity contribution < 1.29 is 4.79 Å². The van der Waals surface area contributed by atoms with E-state index in [-0.39, 0.29) is 5.91 Å². The van der Waals surface area contributed by atoms with E-state index in [1.807, 2.05) is 6.92 Å². The maximum Gasteiger partial charge on any atom is 0.271 e. The van der Waals surface area contributed by atoms with Crippen LogP contribution in [0.2, 0.25) is 10.0 Å². The molecule has 0 saturated carbocycles. The maximum atomic E-state index is 11.9. The molecular weight excluding hydrogens is 309 g/mol. The molecule has 108 valence electrons. The molecular formula is C15H13Cl2N3O. The van der Waals surface area contributed by atoms with Gasteiger partial charge in [0.25, 0.3) is 5.91 Å². The second kappa shape index (κ2) is 7.20. The summed E-state index contributed by atoms with van der Waals surface area (Å²) >= 11 is 12.0. The quantitative estimate of drug-likeness (QED) is 0.685. The predicted molar refractivity (Wildman–Crippen MR) is 85.0 cm³/mol. The normalized spacial score (nSPS) is 11.3. The minimum absolute atomic E-state index is 0.298. The molecule has 1 amide bonds. The zero-order valence-corrected chi connectivity index (χ0v) is 12.8. The number of halogens is 2. The number of hydrazone groups is 1. The fourth-order valence-corrected chi connectivity index (χ4v) is 2.26. The highest BCUT2D eigenvalue weighted by molar-refractivity contribution is 6.37. The van der Waals surface area contributed by atoms with Crippen LogP contribution in [0.15, 0.2) is 47.8 Å². The summed E-state index contributed by atoms with van der Waals surface area (Å²) in [7, 11) is 0. The Balaban J connectivity index is 2.19. The largest absolute Gasteiger partial charge is 0.271 e. The number of amides is 1. The highest BCUT2D eigenvalue weighted by Gasteiger charge is 2.09. The summed E-state index contributed by atoms with van der Waals surface area (Å²) in [6.45, 7) is 1.93. The Morgan fingerprint density at radius 3 is 2.57 bits per heavy atom. The number of hydrogen-bond acceptors (Lipinski definition) is 3. The molecule has 1 aromatic heterocycles. The van der Waals surface area contributed by atoms with Crippen molar-refractivity contribution in [2.45, 2.75) is 13.3 Å². The van der Waals surface area contributed by atoms with Crippen LogP contribution in [0, 0.1) is 0 Å². The minimum Gasteiger partial charge on any atom is -0.267 e. The third-order valence-corrected chi connectivity index (χ3v) is 3.36. The average molecular weight is 322 g/mol. The monoisotopic (exact) mass is 321 g/mol. The summed E-state index contributed by atoms with van der Waals surface area (Å²) in [5, 5.41) is 5.21. The van der Waals surface area contributed by atoms with Crippen LogP contribution in [0.5, 0.6) is 0 Å². The van der Waals surface area contributed by atoms with Crippen LogP contribution in [0.1, 0.15) is 29.3 Å². The molecule has 0 aliphatic rings. The van der Waals surface area contributed by atoms with Gasteiger partial charge in [-0.25, -0.2) is 5.43 Å². The number of nitrogens with zero attached hydrogens (tertiary/aromatic N) is 2. The molecule has 6 heteroatoms. The number of hydrogen-bond donors (Lipinski definition) is 1. The lowest BCUT2D eigenvalue weighted by Crippen LogP contribution is -2.20. The topological polar surface area (TPSA) is 54.4 Å². The van der Waals surface area contributed by atoms with E-state index in [1.165, 1.54) is 0 Å². The van der Waals surface area contributed by atoms with Gasteiger partial charge in [0.15, 0.2) is 0 Å². The first-order chi connectivity index (χ1) is 10.1. The van der Waals surface area contributed by atoms with Crippen LogP contribution in [-0.2, 0) is 0 Å². The molecule has 0 bridgehead atoms. The van der Waals surface area contributed by atoms with E-state index < -0.39 is 0 Å². The molecule has 1 aromatic carbocycles. The highest BCUT2D eigenvalue weighted by atomic mass is 35.5. The van der Waals surface area contributed by atoms with Crippen molar-refractivity contribution in [2.24, 2.45) is 5.10 Å². The van der Waals surface area contributed by atoms with Gasteiger partial charge in [-0.2, -0.15) is 5.10 Å². The number of pyridine rings is 1. The molecule has 0 unspecified atom stereocenters. The summed E-state index contributed by atoms with van der Waals surface area (Å²) in [4.78, 5) is 15.8. The van der Waals surface area contributed by atoms with Gasteiger partial charge in [-0.15, -0.1) is 0 Å². The van der Waals surface area contributed by atoms with E-state index in [4.69, 9.17) is 23.2 Å². The van der Waals surface area contributed by atoms with Crippen LogP contribution in [0.25, 0.3) is 0 Å². The minimum atomic E-state index is -0.298. The summed E-state index contributed by atoms with van der Waals surface area (Å²) in [6, 6.07) is 8.40. The molecule has 0 radical (unpaired) electrons. The van der Waals surface area contributed by atoms with Crippen LogP contribution in [0.4, 0.5) is 0 Å². The summed E-state index contributed by atoms with van der Waals surface area (Å²) in [6.07, 6.45) is 3.73. The standard InChI is InChI=1S/C15H13Cl2N3O/c1-2-14(12-4-3-11(16)9-13(12)17)19-20-15(21)10-5-7-18-8-6-10/h3-9H,2H2,1H3,(H,20,21)/b19-14+. The number of carbonyl (C=O) groups is 1. The van der Waals surface area contributed by atoms with E-state index in [0.29, 0.717) is 27.7 Å². The summed E-state index contributed by atoms with van der Waals surface area (Å²) < 4.78 is 0. The Morgan fingerprint density at radius 1 is 1.24 bits per heavy atom. The van der Waals surface area contributed by atoms with Gasteiger partial charge in [-0.1, -0.05) is 36.2 Å². The Morgan fingerprint density at radius 2 is 1.95 bits per heavy atom. The molecule has 0 spiro atoms. The summed E-state index contributed by atoms with van der Waals surface area (Å²) in [5.41, 5.74) is 4.44. The Hall–Kier alpha value is -1.91. The molecule has 21 heavy (non-hydrogen) atoms.